The van der Waals surface area contributed by atoms with E-state index in [0.717, 1.165) is 0 Å². The summed E-state index contributed by atoms with van der Waals surface area (Å²) in [6.07, 6.45) is -0.568. The Balaban J connectivity index is 2.66. The Bertz CT molecular complexity index is 183. The number of urea groups is 1. The van der Waals surface area contributed by atoms with Gasteiger partial charge in [-0.25, -0.2) is 4.79 Å². The predicted octanol–water partition coefficient (Wildman–Crippen LogP) is -1.09. The molecule has 1 aliphatic rings. The zero-order valence-corrected chi connectivity index (χ0v) is 7.08. The third-order valence-electron chi connectivity index (χ3n) is 1.10. The van der Waals surface area contributed by atoms with E-state index in [2.05, 4.69) is 10.6 Å². The molecule has 0 bridgehead atoms. The molecule has 4 N–H and O–H groups in total. The van der Waals surface area contributed by atoms with Crippen LogP contribution in [0.15, 0.2) is 0 Å². The van der Waals surface area contributed by atoms with Gasteiger partial charge in [-0.05, 0) is 0 Å². The first-order valence-electron chi connectivity index (χ1n) is 2.62. The van der Waals surface area contributed by atoms with E-state index in [1.54, 1.807) is 0 Å². The Kier molecular flexibility index (Phi) is 2.09. The fraction of sp³-hybridized carbons (Fsp3) is 0.500. The molecule has 0 unspecified atom stereocenters. The van der Waals surface area contributed by atoms with Gasteiger partial charge in [0.2, 0.25) is 5.91 Å². The minimum absolute atomic E-state index is 0.336. The monoisotopic (exact) mass is 255 g/mol. The van der Waals surface area contributed by atoms with Gasteiger partial charge in [0, 0.05) is 0 Å². The molecule has 1 heterocycles. The first-order valence-corrected chi connectivity index (χ1v) is 3.87. The molecule has 56 valence electrons. The van der Waals surface area contributed by atoms with Gasteiger partial charge in [-0.15, -0.1) is 0 Å². The highest BCUT2D eigenvalue weighted by molar-refractivity contribution is 14.1. The van der Waals surface area contributed by atoms with Gasteiger partial charge in [0.25, 0.3) is 0 Å². The lowest BCUT2D eigenvalue weighted by atomic mass is 10.3. The second-order valence-electron chi connectivity index (χ2n) is 1.89. The Labute approximate surface area is 70.9 Å². The van der Waals surface area contributed by atoms with Crippen molar-refractivity contribution in [1.29, 1.82) is 0 Å². The van der Waals surface area contributed by atoms with Gasteiger partial charge in [-0.3, -0.25) is 10.1 Å². The summed E-state index contributed by atoms with van der Waals surface area (Å²) in [5.74, 6) is -0.336. The van der Waals surface area contributed by atoms with E-state index in [9.17, 15) is 9.59 Å². The van der Waals surface area contributed by atoms with Crippen molar-refractivity contribution in [3.8, 4) is 0 Å². The van der Waals surface area contributed by atoms with Crippen LogP contribution in [-0.2, 0) is 4.79 Å². The fourth-order valence-corrected chi connectivity index (χ4v) is 0.940. The standard InChI is InChI=1S/C4H6IN3O2/c5-1-2(6)7-4(10)8-3(1)9/h1-2H,6H2,(H2,7,8,9,10)/t1-,2-/m1/s1. The lowest BCUT2D eigenvalue weighted by Crippen LogP contribution is -2.62. The molecule has 0 spiro atoms. The number of amides is 3. The van der Waals surface area contributed by atoms with Crippen LogP contribution in [0.4, 0.5) is 4.79 Å². The highest BCUT2D eigenvalue weighted by Gasteiger charge is 2.30. The van der Waals surface area contributed by atoms with Crippen LogP contribution in [-0.4, -0.2) is 22.0 Å². The van der Waals surface area contributed by atoms with Gasteiger partial charge in [-0.1, -0.05) is 22.6 Å². The average molecular weight is 255 g/mol. The third-order valence-corrected chi connectivity index (χ3v) is 2.44. The van der Waals surface area contributed by atoms with Gasteiger partial charge >= 0.3 is 6.03 Å². The van der Waals surface area contributed by atoms with Crippen molar-refractivity contribution in [1.82, 2.24) is 10.6 Å². The van der Waals surface area contributed by atoms with Crippen LogP contribution in [0, 0.1) is 0 Å². The van der Waals surface area contributed by atoms with E-state index in [4.69, 9.17) is 5.73 Å². The molecule has 1 saturated heterocycles. The smallest absolute Gasteiger partial charge is 0.321 e. The summed E-state index contributed by atoms with van der Waals surface area (Å²) in [6.45, 7) is 0. The summed E-state index contributed by atoms with van der Waals surface area (Å²) in [5, 5.41) is 4.44. The quantitative estimate of drug-likeness (QED) is 0.380. The summed E-state index contributed by atoms with van der Waals surface area (Å²) < 4.78 is -0.379. The molecule has 0 aromatic carbocycles. The summed E-state index contributed by atoms with van der Waals surface area (Å²) in [5.41, 5.74) is 5.36. The van der Waals surface area contributed by atoms with Crippen LogP contribution >= 0.6 is 22.6 Å². The maximum absolute atomic E-state index is 10.8. The van der Waals surface area contributed by atoms with Gasteiger partial charge in [0.1, 0.15) is 3.92 Å². The fourth-order valence-electron chi connectivity index (χ4n) is 0.605. The molecule has 1 fully saturated rings. The Morgan fingerprint density at radius 3 is 2.60 bits per heavy atom. The Morgan fingerprint density at radius 1 is 1.50 bits per heavy atom. The highest BCUT2D eigenvalue weighted by Crippen LogP contribution is 2.05. The molecule has 1 aliphatic heterocycles. The molecule has 2 atom stereocenters. The zero-order chi connectivity index (χ0) is 7.72. The minimum atomic E-state index is -0.568. The summed E-state index contributed by atoms with van der Waals surface area (Å²) in [6, 6.07) is -0.523. The van der Waals surface area contributed by atoms with E-state index in [0.29, 0.717) is 0 Å². The van der Waals surface area contributed by atoms with Gasteiger partial charge in [0.15, 0.2) is 0 Å². The molecule has 0 aliphatic carbocycles. The van der Waals surface area contributed by atoms with E-state index < -0.39 is 12.2 Å². The maximum atomic E-state index is 10.8. The topological polar surface area (TPSA) is 84.2 Å². The summed E-state index contributed by atoms with van der Waals surface area (Å²) in [4.78, 5) is 21.3. The zero-order valence-electron chi connectivity index (χ0n) is 4.93. The molecule has 0 aromatic rings. The van der Waals surface area contributed by atoms with Crippen molar-refractivity contribution in [3.05, 3.63) is 0 Å². The number of imide groups is 1. The lowest BCUT2D eigenvalue weighted by molar-refractivity contribution is -0.120. The molecular weight excluding hydrogens is 249 g/mol. The number of halogens is 1. The molecule has 6 heteroatoms. The van der Waals surface area contributed by atoms with Gasteiger partial charge in [-0.2, -0.15) is 0 Å². The Hall–Kier alpha value is -0.370. The molecule has 0 saturated carbocycles. The second kappa shape index (κ2) is 2.70. The molecule has 10 heavy (non-hydrogen) atoms. The number of rotatable bonds is 0. The first-order chi connectivity index (χ1) is 4.61. The van der Waals surface area contributed by atoms with Crippen molar-refractivity contribution in [2.75, 3.05) is 0 Å². The van der Waals surface area contributed by atoms with Crippen molar-refractivity contribution in [2.45, 2.75) is 10.1 Å². The van der Waals surface area contributed by atoms with E-state index in [1.807, 2.05) is 22.6 Å². The summed E-state index contributed by atoms with van der Waals surface area (Å²) >= 11 is 1.87. The van der Waals surface area contributed by atoms with E-state index in [1.165, 1.54) is 0 Å². The van der Waals surface area contributed by atoms with Crippen LogP contribution in [0.5, 0.6) is 0 Å². The minimum Gasteiger partial charge on any atom is -0.321 e. The van der Waals surface area contributed by atoms with Gasteiger partial charge < -0.3 is 11.1 Å². The predicted molar refractivity (Wildman–Crippen MR) is 42.5 cm³/mol. The number of hydrogen-bond acceptors (Lipinski definition) is 3. The van der Waals surface area contributed by atoms with Crippen molar-refractivity contribution in [2.24, 2.45) is 5.73 Å². The normalized spacial score (nSPS) is 33.0. The van der Waals surface area contributed by atoms with Gasteiger partial charge in [0.05, 0.1) is 6.17 Å². The second-order valence-corrected chi connectivity index (χ2v) is 3.23. The van der Waals surface area contributed by atoms with Crippen molar-refractivity contribution >= 4 is 34.5 Å². The molecule has 1 rings (SSSR count). The molecule has 0 radical (unpaired) electrons. The average Bonchev–Trinajstić information content (AvgIpc) is 1.82. The number of nitrogens with one attached hydrogen (secondary N) is 2. The third kappa shape index (κ3) is 1.37. The largest absolute Gasteiger partial charge is 0.322 e. The van der Waals surface area contributed by atoms with E-state index in [-0.39, 0.29) is 9.83 Å². The molecule has 5 nitrogen and oxygen atoms in total. The number of carbonyl (C=O) groups is 2. The SMILES string of the molecule is N[C@@H]1NC(=O)NC(=O)[C@@H]1I. The van der Waals surface area contributed by atoms with Crippen molar-refractivity contribution < 1.29 is 9.59 Å². The number of alkyl halides is 1. The number of nitrogens with two attached hydrogens (primary N) is 1. The number of carbonyl (C=O) groups excluding carboxylic acids is 2. The summed E-state index contributed by atoms with van der Waals surface area (Å²) in [7, 11) is 0. The molecular formula is C4H6IN3O2. The Morgan fingerprint density at radius 2 is 2.10 bits per heavy atom. The lowest BCUT2D eigenvalue weighted by Gasteiger charge is -2.23. The van der Waals surface area contributed by atoms with Crippen molar-refractivity contribution in [3.63, 3.8) is 0 Å². The van der Waals surface area contributed by atoms with E-state index >= 15 is 0 Å². The van der Waals surface area contributed by atoms with Crippen LogP contribution in [0.3, 0.4) is 0 Å². The van der Waals surface area contributed by atoms with Crippen LogP contribution in [0.25, 0.3) is 0 Å². The van der Waals surface area contributed by atoms with Crippen LogP contribution in [0.2, 0.25) is 0 Å². The highest BCUT2D eigenvalue weighted by atomic mass is 127. The van der Waals surface area contributed by atoms with Crippen LogP contribution < -0.4 is 16.4 Å². The number of hydrogen-bond donors (Lipinski definition) is 3. The first kappa shape index (κ1) is 7.73. The molecule has 3 amide bonds. The van der Waals surface area contributed by atoms with Crippen LogP contribution in [0.1, 0.15) is 0 Å². The maximum Gasteiger partial charge on any atom is 0.322 e. The molecule has 0 aromatic heterocycles.